The lowest BCUT2D eigenvalue weighted by Gasteiger charge is -2.31. The molecule has 0 aliphatic rings. The molecular weight excluding hydrogens is 246 g/mol. The molecule has 0 saturated carbocycles. The fourth-order valence-corrected chi connectivity index (χ4v) is 1.75. The molecule has 1 atom stereocenters. The maximum absolute atomic E-state index is 12.1. The van der Waals surface area contributed by atoms with E-state index in [1.54, 1.807) is 20.8 Å². The maximum atomic E-state index is 12.1. The van der Waals surface area contributed by atoms with Gasteiger partial charge in [-0.25, -0.2) is 9.59 Å². The van der Waals surface area contributed by atoms with Crippen LogP contribution in [0.3, 0.4) is 0 Å². The number of nitrogens with zero attached hydrogens (tertiary/aromatic N) is 1. The molecule has 0 aromatic rings. The van der Waals surface area contributed by atoms with E-state index >= 15 is 0 Å². The molecule has 112 valence electrons. The van der Waals surface area contributed by atoms with Crippen LogP contribution in [0.1, 0.15) is 60.3 Å². The molecule has 1 unspecified atom stereocenters. The number of rotatable bonds is 7. The molecule has 0 heterocycles. The molecule has 0 radical (unpaired) electrons. The average Bonchev–Trinajstić information content (AvgIpc) is 2.25. The lowest BCUT2D eigenvalue weighted by Crippen LogP contribution is -2.47. The zero-order valence-electron chi connectivity index (χ0n) is 12.7. The van der Waals surface area contributed by atoms with Gasteiger partial charge < -0.3 is 9.84 Å². The van der Waals surface area contributed by atoms with E-state index in [2.05, 4.69) is 0 Å². The Kier molecular flexibility index (Phi) is 7.49. The molecule has 0 aromatic carbocycles. The van der Waals surface area contributed by atoms with Crippen molar-refractivity contribution in [3.05, 3.63) is 0 Å². The predicted molar refractivity (Wildman–Crippen MR) is 74.2 cm³/mol. The summed E-state index contributed by atoms with van der Waals surface area (Å²) in [5.41, 5.74) is -0.614. The number of unbranched alkanes of at least 4 members (excludes halogenated alkanes) is 1. The maximum Gasteiger partial charge on any atom is 0.411 e. The third-order valence-corrected chi connectivity index (χ3v) is 2.58. The molecule has 0 saturated heterocycles. The van der Waals surface area contributed by atoms with Gasteiger partial charge in [0, 0.05) is 6.54 Å². The molecule has 0 aliphatic heterocycles. The molecule has 0 rings (SSSR count). The summed E-state index contributed by atoms with van der Waals surface area (Å²) in [6.07, 6.45) is 2.30. The summed E-state index contributed by atoms with van der Waals surface area (Å²) in [5.74, 6) is -0.965. The van der Waals surface area contributed by atoms with Crippen LogP contribution in [-0.4, -0.2) is 40.3 Å². The van der Waals surface area contributed by atoms with Crippen molar-refractivity contribution in [1.82, 2.24) is 4.90 Å². The Morgan fingerprint density at radius 3 is 2.16 bits per heavy atom. The highest BCUT2D eigenvalue weighted by Crippen LogP contribution is 2.16. The Balaban J connectivity index is 4.91. The highest BCUT2D eigenvalue weighted by molar-refractivity contribution is 5.80. The predicted octanol–water partition coefficient (Wildman–Crippen LogP) is 3.28. The number of hydrogen-bond donors (Lipinski definition) is 1. The van der Waals surface area contributed by atoms with Crippen molar-refractivity contribution in [2.24, 2.45) is 0 Å². The molecule has 0 spiro atoms. The average molecular weight is 273 g/mol. The smallest absolute Gasteiger partial charge is 0.411 e. The van der Waals surface area contributed by atoms with E-state index in [4.69, 9.17) is 4.74 Å². The molecule has 0 fully saturated rings. The SMILES string of the molecule is CCCCC(C(=O)O)N(CCC)C(=O)OC(C)(C)C. The van der Waals surface area contributed by atoms with E-state index in [0.29, 0.717) is 19.4 Å². The van der Waals surface area contributed by atoms with Crippen molar-refractivity contribution in [1.29, 1.82) is 0 Å². The van der Waals surface area contributed by atoms with Crippen LogP contribution in [0.25, 0.3) is 0 Å². The number of ether oxygens (including phenoxy) is 1. The Morgan fingerprint density at radius 1 is 1.21 bits per heavy atom. The van der Waals surface area contributed by atoms with Crippen LogP contribution in [0.5, 0.6) is 0 Å². The van der Waals surface area contributed by atoms with Gasteiger partial charge in [0.25, 0.3) is 0 Å². The zero-order valence-corrected chi connectivity index (χ0v) is 12.7. The van der Waals surface area contributed by atoms with Crippen LogP contribution in [0.4, 0.5) is 4.79 Å². The van der Waals surface area contributed by atoms with Crippen molar-refractivity contribution in [2.75, 3.05) is 6.54 Å². The largest absolute Gasteiger partial charge is 0.480 e. The highest BCUT2D eigenvalue weighted by Gasteiger charge is 2.31. The van der Waals surface area contributed by atoms with Gasteiger partial charge in [-0.2, -0.15) is 0 Å². The quantitative estimate of drug-likeness (QED) is 0.773. The molecule has 5 nitrogen and oxygen atoms in total. The lowest BCUT2D eigenvalue weighted by molar-refractivity contribution is -0.143. The Morgan fingerprint density at radius 2 is 1.79 bits per heavy atom. The topological polar surface area (TPSA) is 66.8 Å². The monoisotopic (exact) mass is 273 g/mol. The van der Waals surface area contributed by atoms with Gasteiger partial charge in [0.2, 0.25) is 0 Å². The number of hydrogen-bond acceptors (Lipinski definition) is 3. The van der Waals surface area contributed by atoms with Crippen molar-refractivity contribution in [3.8, 4) is 0 Å². The van der Waals surface area contributed by atoms with Crippen molar-refractivity contribution in [3.63, 3.8) is 0 Å². The number of carboxylic acids is 1. The molecule has 0 aliphatic carbocycles. The molecule has 0 bridgehead atoms. The Labute approximate surface area is 115 Å². The third-order valence-electron chi connectivity index (χ3n) is 2.58. The summed E-state index contributed by atoms with van der Waals surface area (Å²) in [5, 5.41) is 9.29. The normalized spacial score (nSPS) is 12.9. The third kappa shape index (κ3) is 7.03. The number of carboxylic acid groups (broad SMARTS) is 1. The first-order chi connectivity index (χ1) is 8.72. The van der Waals surface area contributed by atoms with Crippen molar-refractivity contribution >= 4 is 12.1 Å². The van der Waals surface area contributed by atoms with Crippen LogP contribution in [0.15, 0.2) is 0 Å². The molecule has 0 aromatic heterocycles. The minimum absolute atomic E-state index is 0.398. The van der Waals surface area contributed by atoms with E-state index < -0.39 is 23.7 Å². The number of amides is 1. The minimum Gasteiger partial charge on any atom is -0.480 e. The number of carbonyl (C=O) groups is 2. The van der Waals surface area contributed by atoms with Gasteiger partial charge in [-0.05, 0) is 33.6 Å². The second kappa shape index (κ2) is 8.02. The van der Waals surface area contributed by atoms with Gasteiger partial charge in [0.15, 0.2) is 0 Å². The van der Waals surface area contributed by atoms with E-state index in [9.17, 15) is 14.7 Å². The summed E-state index contributed by atoms with van der Waals surface area (Å²) < 4.78 is 5.29. The summed E-state index contributed by atoms with van der Waals surface area (Å²) >= 11 is 0. The van der Waals surface area contributed by atoms with Crippen molar-refractivity contribution < 1.29 is 19.4 Å². The minimum atomic E-state index is -0.965. The zero-order chi connectivity index (χ0) is 15.1. The highest BCUT2D eigenvalue weighted by atomic mass is 16.6. The second-order valence-corrected chi connectivity index (χ2v) is 5.67. The van der Waals surface area contributed by atoms with Crippen molar-refractivity contribution in [2.45, 2.75) is 71.9 Å². The van der Waals surface area contributed by atoms with Crippen LogP contribution in [-0.2, 0) is 9.53 Å². The molecule has 1 N–H and O–H groups in total. The standard InChI is InChI=1S/C14H27NO4/c1-6-8-9-11(12(16)17)15(10-7-2)13(18)19-14(3,4)5/h11H,6-10H2,1-5H3,(H,16,17). The first kappa shape index (κ1) is 17.7. The van der Waals surface area contributed by atoms with E-state index in [-0.39, 0.29) is 0 Å². The first-order valence-corrected chi connectivity index (χ1v) is 6.95. The summed E-state index contributed by atoms with van der Waals surface area (Å²) in [4.78, 5) is 24.8. The lowest BCUT2D eigenvalue weighted by atomic mass is 10.1. The Hall–Kier alpha value is -1.26. The van der Waals surface area contributed by atoms with E-state index in [1.165, 1.54) is 4.90 Å². The summed E-state index contributed by atoms with van der Waals surface area (Å²) in [7, 11) is 0. The second-order valence-electron chi connectivity index (χ2n) is 5.67. The molecular formula is C14H27NO4. The van der Waals surface area contributed by atoms with Gasteiger partial charge >= 0.3 is 12.1 Å². The molecule has 19 heavy (non-hydrogen) atoms. The van der Waals surface area contributed by atoms with Gasteiger partial charge in [-0.3, -0.25) is 4.90 Å². The Bertz CT molecular complexity index is 296. The number of aliphatic carboxylic acids is 1. The fraction of sp³-hybridized carbons (Fsp3) is 0.857. The summed E-state index contributed by atoms with van der Waals surface area (Å²) in [6, 6.07) is -0.797. The van der Waals surface area contributed by atoms with Crippen LogP contribution >= 0.6 is 0 Å². The van der Waals surface area contributed by atoms with Gasteiger partial charge in [-0.15, -0.1) is 0 Å². The van der Waals surface area contributed by atoms with Gasteiger partial charge in [0.05, 0.1) is 0 Å². The molecule has 1 amide bonds. The summed E-state index contributed by atoms with van der Waals surface area (Å²) in [6.45, 7) is 9.63. The van der Waals surface area contributed by atoms with Crippen LogP contribution in [0.2, 0.25) is 0 Å². The van der Waals surface area contributed by atoms with Gasteiger partial charge in [0.1, 0.15) is 11.6 Å². The number of carbonyl (C=O) groups excluding carboxylic acids is 1. The van der Waals surface area contributed by atoms with Gasteiger partial charge in [-0.1, -0.05) is 26.7 Å². The first-order valence-electron chi connectivity index (χ1n) is 6.95. The van der Waals surface area contributed by atoms with Crippen LogP contribution < -0.4 is 0 Å². The van der Waals surface area contributed by atoms with Crippen LogP contribution in [0, 0.1) is 0 Å². The van der Waals surface area contributed by atoms with E-state index in [1.807, 2.05) is 13.8 Å². The molecule has 5 heteroatoms. The fourth-order valence-electron chi connectivity index (χ4n) is 1.75. The van der Waals surface area contributed by atoms with E-state index in [0.717, 1.165) is 12.8 Å².